The Kier molecular flexibility index (Phi) is 4.17. The van der Waals surface area contributed by atoms with Gasteiger partial charge in [-0.2, -0.15) is 0 Å². The second-order valence-electron chi connectivity index (χ2n) is 3.96. The molecule has 2 rings (SSSR count). The van der Waals surface area contributed by atoms with Crippen LogP contribution in [0, 0.1) is 5.82 Å². The third-order valence-electron chi connectivity index (χ3n) is 2.64. The summed E-state index contributed by atoms with van der Waals surface area (Å²) in [6.07, 6.45) is 3.16. The predicted molar refractivity (Wildman–Crippen MR) is 71.3 cm³/mol. The molecule has 0 spiro atoms. The van der Waals surface area contributed by atoms with Crippen LogP contribution in [-0.2, 0) is 6.42 Å². The summed E-state index contributed by atoms with van der Waals surface area (Å²) in [5.41, 5.74) is 7.32. The summed E-state index contributed by atoms with van der Waals surface area (Å²) in [7, 11) is 0. The van der Waals surface area contributed by atoms with Crippen molar-refractivity contribution >= 4 is 23.2 Å². The van der Waals surface area contributed by atoms with E-state index in [-0.39, 0.29) is 0 Å². The van der Waals surface area contributed by atoms with Gasteiger partial charge in [0, 0.05) is 17.8 Å². The van der Waals surface area contributed by atoms with Crippen LogP contribution in [0.2, 0.25) is 10.0 Å². The third-order valence-corrected chi connectivity index (χ3v) is 3.38. The standard InChI is InChI=1S/C13H11Cl2FN2/c14-10-2-1-8(5-11(10)15)6-13(17)9-3-4-18-7-12(9)16/h1-5,7,13H,6,17H2. The molecule has 1 aromatic heterocycles. The van der Waals surface area contributed by atoms with Crippen LogP contribution in [0.3, 0.4) is 0 Å². The van der Waals surface area contributed by atoms with Crippen molar-refractivity contribution < 1.29 is 4.39 Å². The van der Waals surface area contributed by atoms with E-state index in [0.717, 1.165) is 11.8 Å². The van der Waals surface area contributed by atoms with Gasteiger partial charge in [0.25, 0.3) is 0 Å². The summed E-state index contributed by atoms with van der Waals surface area (Å²) >= 11 is 11.7. The maximum Gasteiger partial charge on any atom is 0.146 e. The number of rotatable bonds is 3. The fourth-order valence-corrected chi connectivity index (χ4v) is 2.04. The molecular formula is C13H11Cl2FN2. The number of aromatic nitrogens is 1. The molecule has 1 heterocycles. The Morgan fingerprint density at radius 1 is 1.22 bits per heavy atom. The van der Waals surface area contributed by atoms with Gasteiger partial charge in [-0.25, -0.2) is 4.39 Å². The summed E-state index contributed by atoms with van der Waals surface area (Å²) < 4.78 is 13.5. The molecule has 5 heteroatoms. The highest BCUT2D eigenvalue weighted by molar-refractivity contribution is 6.42. The lowest BCUT2D eigenvalue weighted by Crippen LogP contribution is -2.15. The molecule has 0 radical (unpaired) electrons. The van der Waals surface area contributed by atoms with E-state index in [0.29, 0.717) is 22.0 Å². The molecule has 0 aliphatic rings. The summed E-state index contributed by atoms with van der Waals surface area (Å²) in [4.78, 5) is 3.69. The Labute approximate surface area is 115 Å². The predicted octanol–water partition coefficient (Wildman–Crippen LogP) is 3.77. The van der Waals surface area contributed by atoms with E-state index in [1.807, 2.05) is 6.07 Å². The first-order valence-corrected chi connectivity index (χ1v) is 6.12. The molecule has 0 aliphatic carbocycles. The van der Waals surface area contributed by atoms with E-state index in [2.05, 4.69) is 4.98 Å². The van der Waals surface area contributed by atoms with Crippen LogP contribution in [0.1, 0.15) is 17.2 Å². The number of halogens is 3. The summed E-state index contributed by atoms with van der Waals surface area (Å²) in [6.45, 7) is 0. The number of nitrogens with two attached hydrogens (primary N) is 1. The van der Waals surface area contributed by atoms with Crippen molar-refractivity contribution in [3.63, 3.8) is 0 Å². The average Bonchev–Trinajstić information content (AvgIpc) is 2.34. The van der Waals surface area contributed by atoms with E-state index < -0.39 is 11.9 Å². The summed E-state index contributed by atoms with van der Waals surface area (Å²) in [5.74, 6) is -0.398. The maximum atomic E-state index is 13.5. The second kappa shape index (κ2) is 5.65. The van der Waals surface area contributed by atoms with Crippen molar-refractivity contribution in [3.8, 4) is 0 Å². The highest BCUT2D eigenvalue weighted by Crippen LogP contribution is 2.25. The summed E-state index contributed by atoms with van der Waals surface area (Å²) in [5, 5.41) is 0.959. The van der Waals surface area contributed by atoms with Crippen LogP contribution in [0.5, 0.6) is 0 Å². The molecule has 0 amide bonds. The van der Waals surface area contributed by atoms with Crippen molar-refractivity contribution in [2.24, 2.45) is 5.73 Å². The van der Waals surface area contributed by atoms with Crippen LogP contribution >= 0.6 is 23.2 Å². The molecule has 0 fully saturated rings. The number of hydrogen-bond donors (Lipinski definition) is 1. The van der Waals surface area contributed by atoms with E-state index in [1.54, 1.807) is 18.2 Å². The normalized spacial score (nSPS) is 12.4. The van der Waals surface area contributed by atoms with Gasteiger partial charge in [0.1, 0.15) is 5.82 Å². The third kappa shape index (κ3) is 2.99. The van der Waals surface area contributed by atoms with Crippen LogP contribution in [0.25, 0.3) is 0 Å². The zero-order valence-corrected chi connectivity index (χ0v) is 10.9. The lowest BCUT2D eigenvalue weighted by atomic mass is 10.0. The van der Waals surface area contributed by atoms with Gasteiger partial charge < -0.3 is 5.73 Å². The number of nitrogens with zero attached hydrogens (tertiary/aromatic N) is 1. The molecule has 18 heavy (non-hydrogen) atoms. The molecule has 0 bridgehead atoms. The molecule has 1 unspecified atom stereocenters. The first kappa shape index (κ1) is 13.3. The van der Waals surface area contributed by atoms with Gasteiger partial charge in [0.2, 0.25) is 0 Å². The SMILES string of the molecule is NC(Cc1ccc(Cl)c(Cl)c1)c1ccncc1F. The van der Waals surface area contributed by atoms with Gasteiger partial charge >= 0.3 is 0 Å². The number of benzene rings is 1. The Hall–Kier alpha value is -1.16. The summed E-state index contributed by atoms with van der Waals surface area (Å²) in [6, 6.07) is 6.41. The minimum absolute atomic E-state index is 0.398. The van der Waals surface area contributed by atoms with Gasteiger partial charge in [-0.05, 0) is 30.2 Å². The molecular weight excluding hydrogens is 274 g/mol. The smallest absolute Gasteiger partial charge is 0.146 e. The van der Waals surface area contributed by atoms with Gasteiger partial charge in [-0.3, -0.25) is 4.98 Å². The monoisotopic (exact) mass is 284 g/mol. The van der Waals surface area contributed by atoms with Gasteiger partial charge in [0.05, 0.1) is 16.2 Å². The van der Waals surface area contributed by atoms with Crippen LogP contribution < -0.4 is 5.73 Å². The highest BCUT2D eigenvalue weighted by atomic mass is 35.5. The Bertz CT molecular complexity index is 560. The van der Waals surface area contributed by atoms with E-state index in [9.17, 15) is 4.39 Å². The fourth-order valence-electron chi connectivity index (χ4n) is 1.72. The zero-order valence-electron chi connectivity index (χ0n) is 9.41. The zero-order chi connectivity index (χ0) is 13.1. The number of pyridine rings is 1. The molecule has 94 valence electrons. The largest absolute Gasteiger partial charge is 0.324 e. The van der Waals surface area contributed by atoms with Gasteiger partial charge in [-0.1, -0.05) is 29.3 Å². The van der Waals surface area contributed by atoms with E-state index in [4.69, 9.17) is 28.9 Å². The topological polar surface area (TPSA) is 38.9 Å². The second-order valence-corrected chi connectivity index (χ2v) is 4.77. The Morgan fingerprint density at radius 3 is 2.67 bits per heavy atom. The minimum Gasteiger partial charge on any atom is -0.324 e. The molecule has 1 aromatic carbocycles. The molecule has 0 saturated carbocycles. The molecule has 0 saturated heterocycles. The minimum atomic E-state index is -0.440. The molecule has 1 atom stereocenters. The van der Waals surface area contributed by atoms with Crippen molar-refractivity contribution in [1.29, 1.82) is 0 Å². The molecule has 2 aromatic rings. The van der Waals surface area contributed by atoms with Crippen molar-refractivity contribution in [1.82, 2.24) is 4.98 Å². The number of hydrogen-bond acceptors (Lipinski definition) is 2. The van der Waals surface area contributed by atoms with Crippen molar-refractivity contribution in [2.45, 2.75) is 12.5 Å². The van der Waals surface area contributed by atoms with Gasteiger partial charge in [-0.15, -0.1) is 0 Å². The lowest BCUT2D eigenvalue weighted by molar-refractivity contribution is 0.574. The van der Waals surface area contributed by atoms with Crippen LogP contribution in [-0.4, -0.2) is 4.98 Å². The van der Waals surface area contributed by atoms with Crippen molar-refractivity contribution in [2.75, 3.05) is 0 Å². The van der Waals surface area contributed by atoms with E-state index >= 15 is 0 Å². The fraction of sp³-hybridized carbons (Fsp3) is 0.154. The lowest BCUT2D eigenvalue weighted by Gasteiger charge is -2.13. The Balaban J connectivity index is 2.19. The Morgan fingerprint density at radius 2 is 2.00 bits per heavy atom. The molecule has 2 nitrogen and oxygen atoms in total. The van der Waals surface area contributed by atoms with Crippen LogP contribution in [0.15, 0.2) is 36.7 Å². The van der Waals surface area contributed by atoms with E-state index in [1.165, 1.54) is 6.20 Å². The first-order chi connectivity index (χ1) is 8.58. The quantitative estimate of drug-likeness (QED) is 0.932. The molecule has 0 aliphatic heterocycles. The van der Waals surface area contributed by atoms with Gasteiger partial charge in [0.15, 0.2) is 0 Å². The first-order valence-electron chi connectivity index (χ1n) is 5.37. The highest BCUT2D eigenvalue weighted by Gasteiger charge is 2.12. The van der Waals surface area contributed by atoms with Crippen LogP contribution in [0.4, 0.5) is 4.39 Å². The molecule has 2 N–H and O–H groups in total. The average molecular weight is 285 g/mol. The van der Waals surface area contributed by atoms with Crippen molar-refractivity contribution in [3.05, 3.63) is 63.6 Å². The maximum absolute atomic E-state index is 13.5.